The van der Waals surface area contributed by atoms with Gasteiger partial charge in [0.2, 0.25) is 0 Å². The lowest BCUT2D eigenvalue weighted by Crippen LogP contribution is -2.31. The van der Waals surface area contributed by atoms with Crippen molar-refractivity contribution in [1.82, 2.24) is 5.32 Å². The fraction of sp³-hybridized carbons (Fsp3) is 0.368. The van der Waals surface area contributed by atoms with Crippen molar-refractivity contribution in [2.75, 3.05) is 13.7 Å². The molecule has 0 aliphatic carbocycles. The Morgan fingerprint density at radius 3 is 2.68 bits per heavy atom. The van der Waals surface area contributed by atoms with E-state index in [9.17, 15) is 9.50 Å². The Balaban J connectivity index is 2.12. The molecule has 136 valence electrons. The van der Waals surface area contributed by atoms with Crippen molar-refractivity contribution >= 4 is 11.6 Å². The van der Waals surface area contributed by atoms with E-state index >= 15 is 0 Å². The molecule has 1 atom stereocenters. The van der Waals surface area contributed by atoms with Gasteiger partial charge in [-0.3, -0.25) is 0 Å². The molecular weight excluding hydrogens is 345 g/mol. The molecule has 0 fully saturated rings. The molecule has 2 N–H and O–H groups in total. The number of hydrogen-bond acceptors (Lipinski definition) is 4. The highest BCUT2D eigenvalue weighted by atomic mass is 35.5. The van der Waals surface area contributed by atoms with E-state index in [4.69, 9.17) is 21.1 Å². The summed E-state index contributed by atoms with van der Waals surface area (Å²) in [6.45, 7) is 2.68. The van der Waals surface area contributed by atoms with Crippen LogP contribution in [-0.2, 0) is 13.2 Å². The predicted octanol–water partition coefficient (Wildman–Crippen LogP) is 3.93. The molecule has 0 heterocycles. The van der Waals surface area contributed by atoms with Gasteiger partial charge in [0.05, 0.1) is 18.7 Å². The maximum atomic E-state index is 13.7. The number of rotatable bonds is 9. The van der Waals surface area contributed by atoms with Gasteiger partial charge in [0, 0.05) is 18.2 Å². The number of aliphatic hydroxyl groups excluding tert-OH is 1. The van der Waals surface area contributed by atoms with E-state index in [1.807, 2.05) is 13.0 Å². The van der Waals surface area contributed by atoms with Crippen molar-refractivity contribution < 1.29 is 19.0 Å². The van der Waals surface area contributed by atoms with Gasteiger partial charge in [-0.15, -0.1) is 0 Å². The van der Waals surface area contributed by atoms with Crippen molar-refractivity contribution in [3.63, 3.8) is 0 Å². The highest BCUT2D eigenvalue weighted by Crippen LogP contribution is 2.37. The summed E-state index contributed by atoms with van der Waals surface area (Å²) in [4.78, 5) is 0. The van der Waals surface area contributed by atoms with Crippen LogP contribution in [0, 0.1) is 5.82 Å². The quantitative estimate of drug-likeness (QED) is 0.705. The fourth-order valence-corrected chi connectivity index (χ4v) is 2.67. The molecule has 0 unspecified atom stereocenters. The van der Waals surface area contributed by atoms with E-state index < -0.39 is 0 Å². The molecule has 0 spiro atoms. The second-order valence-electron chi connectivity index (χ2n) is 5.66. The molecular formula is C19H23ClFNO3. The van der Waals surface area contributed by atoms with E-state index in [0.29, 0.717) is 28.6 Å². The van der Waals surface area contributed by atoms with Gasteiger partial charge < -0.3 is 19.9 Å². The molecule has 0 saturated heterocycles. The van der Waals surface area contributed by atoms with E-state index in [1.54, 1.807) is 24.3 Å². The summed E-state index contributed by atoms with van der Waals surface area (Å²) in [6.07, 6.45) is 0.825. The van der Waals surface area contributed by atoms with Gasteiger partial charge in [-0.2, -0.15) is 0 Å². The summed E-state index contributed by atoms with van der Waals surface area (Å²) in [5.41, 5.74) is 1.35. The summed E-state index contributed by atoms with van der Waals surface area (Å²) in [6, 6.07) is 10.1. The molecule has 0 amide bonds. The lowest BCUT2D eigenvalue weighted by molar-refractivity contribution is 0.238. The second-order valence-corrected chi connectivity index (χ2v) is 6.06. The van der Waals surface area contributed by atoms with E-state index in [1.165, 1.54) is 13.2 Å². The number of nitrogens with one attached hydrogen (secondary N) is 1. The molecule has 0 saturated carbocycles. The number of hydrogen-bond donors (Lipinski definition) is 2. The number of benzene rings is 2. The molecule has 6 heteroatoms. The van der Waals surface area contributed by atoms with Crippen LogP contribution in [-0.4, -0.2) is 24.9 Å². The molecule has 0 aliphatic rings. The van der Waals surface area contributed by atoms with Gasteiger partial charge >= 0.3 is 0 Å². The molecule has 2 aromatic carbocycles. The van der Waals surface area contributed by atoms with Gasteiger partial charge in [0.15, 0.2) is 11.5 Å². The summed E-state index contributed by atoms with van der Waals surface area (Å²) in [7, 11) is 1.53. The normalized spacial score (nSPS) is 12.0. The first-order valence-electron chi connectivity index (χ1n) is 8.15. The lowest BCUT2D eigenvalue weighted by atomic mass is 10.1. The SMILES string of the molecule is CC[C@@H](CO)NCc1cc(Cl)c(OCc2ccccc2F)c(OC)c1. The smallest absolute Gasteiger partial charge is 0.180 e. The van der Waals surface area contributed by atoms with Crippen LogP contribution >= 0.6 is 11.6 Å². The van der Waals surface area contributed by atoms with Gasteiger partial charge in [-0.25, -0.2) is 4.39 Å². The molecule has 0 aliphatic heterocycles. The first-order chi connectivity index (χ1) is 12.1. The third kappa shape index (κ3) is 5.33. The van der Waals surface area contributed by atoms with Crippen molar-refractivity contribution in [3.8, 4) is 11.5 Å². The third-order valence-electron chi connectivity index (χ3n) is 3.93. The standard InChI is InChI=1S/C19H23ClFNO3/c1-3-15(11-23)22-10-13-8-16(20)19(18(9-13)24-2)25-12-14-6-4-5-7-17(14)21/h4-9,15,22-23H,3,10-12H2,1-2H3/t15-/m0/s1. The van der Waals surface area contributed by atoms with Gasteiger partial charge in [-0.1, -0.05) is 36.7 Å². The highest BCUT2D eigenvalue weighted by Gasteiger charge is 2.14. The Morgan fingerprint density at radius 1 is 1.28 bits per heavy atom. The molecule has 0 radical (unpaired) electrons. The predicted molar refractivity (Wildman–Crippen MR) is 96.7 cm³/mol. The Morgan fingerprint density at radius 2 is 2.04 bits per heavy atom. The zero-order valence-corrected chi connectivity index (χ0v) is 15.1. The molecule has 2 aromatic rings. The van der Waals surface area contributed by atoms with Crippen LogP contribution in [0.5, 0.6) is 11.5 Å². The molecule has 25 heavy (non-hydrogen) atoms. The van der Waals surface area contributed by atoms with Crippen LogP contribution in [0.4, 0.5) is 4.39 Å². The van der Waals surface area contributed by atoms with Crippen molar-refractivity contribution in [2.24, 2.45) is 0 Å². The zero-order chi connectivity index (χ0) is 18.2. The topological polar surface area (TPSA) is 50.7 Å². The molecule has 2 rings (SSSR count). The minimum Gasteiger partial charge on any atom is -0.493 e. The van der Waals surface area contributed by atoms with Crippen LogP contribution in [0.15, 0.2) is 36.4 Å². The third-order valence-corrected chi connectivity index (χ3v) is 4.21. The number of aliphatic hydroxyl groups is 1. The number of methoxy groups -OCH3 is 1. The highest BCUT2D eigenvalue weighted by molar-refractivity contribution is 6.32. The maximum absolute atomic E-state index is 13.7. The van der Waals surface area contributed by atoms with Crippen molar-refractivity contribution in [3.05, 3.63) is 58.4 Å². The van der Waals surface area contributed by atoms with E-state index in [-0.39, 0.29) is 25.1 Å². The zero-order valence-electron chi connectivity index (χ0n) is 14.4. The Hall–Kier alpha value is -1.82. The molecule has 0 aromatic heterocycles. The fourth-order valence-electron chi connectivity index (χ4n) is 2.38. The van der Waals surface area contributed by atoms with Crippen LogP contribution in [0.25, 0.3) is 0 Å². The van der Waals surface area contributed by atoms with Crippen LogP contribution in [0.1, 0.15) is 24.5 Å². The van der Waals surface area contributed by atoms with Crippen LogP contribution in [0.2, 0.25) is 5.02 Å². The summed E-state index contributed by atoms with van der Waals surface area (Å²) < 4.78 is 24.8. The summed E-state index contributed by atoms with van der Waals surface area (Å²) >= 11 is 6.33. The van der Waals surface area contributed by atoms with Crippen molar-refractivity contribution in [1.29, 1.82) is 0 Å². The van der Waals surface area contributed by atoms with Crippen LogP contribution in [0.3, 0.4) is 0 Å². The lowest BCUT2D eigenvalue weighted by Gasteiger charge is -2.17. The van der Waals surface area contributed by atoms with Gasteiger partial charge in [0.1, 0.15) is 12.4 Å². The molecule has 0 bridgehead atoms. The minimum absolute atomic E-state index is 0.0294. The monoisotopic (exact) mass is 367 g/mol. The average Bonchev–Trinajstić information content (AvgIpc) is 2.62. The minimum atomic E-state index is -0.326. The second kappa shape index (κ2) is 9.61. The number of ether oxygens (including phenoxy) is 2. The first kappa shape index (κ1) is 19.5. The maximum Gasteiger partial charge on any atom is 0.180 e. The average molecular weight is 368 g/mol. The van der Waals surface area contributed by atoms with Crippen molar-refractivity contribution in [2.45, 2.75) is 32.5 Å². The van der Waals surface area contributed by atoms with Gasteiger partial charge in [0.25, 0.3) is 0 Å². The summed E-state index contributed by atoms with van der Waals surface area (Å²) in [5.74, 6) is 0.538. The van der Waals surface area contributed by atoms with Gasteiger partial charge in [-0.05, 0) is 30.2 Å². The number of halogens is 2. The largest absolute Gasteiger partial charge is 0.493 e. The first-order valence-corrected chi connectivity index (χ1v) is 8.53. The van der Waals surface area contributed by atoms with E-state index in [0.717, 1.165) is 12.0 Å². The van der Waals surface area contributed by atoms with Crippen LogP contribution < -0.4 is 14.8 Å². The Labute approximate surface area is 152 Å². The Bertz CT molecular complexity index is 692. The summed E-state index contributed by atoms with van der Waals surface area (Å²) in [5, 5.41) is 12.9. The van der Waals surface area contributed by atoms with E-state index in [2.05, 4.69) is 5.32 Å². The Kier molecular flexibility index (Phi) is 7.50. The molecule has 4 nitrogen and oxygen atoms in total.